The average molecular weight is 239 g/mol. The first kappa shape index (κ1) is 14.1. The van der Waals surface area contributed by atoms with Crippen LogP contribution in [0.2, 0.25) is 0 Å². The van der Waals surface area contributed by atoms with E-state index in [0.29, 0.717) is 5.56 Å². The summed E-state index contributed by atoms with van der Waals surface area (Å²) in [7, 11) is 3.50. The zero-order valence-electron chi connectivity index (χ0n) is 11.3. The Bertz CT molecular complexity index is 351. The highest BCUT2D eigenvalue weighted by molar-refractivity contribution is 5.35. The van der Waals surface area contributed by atoms with Crippen LogP contribution in [-0.2, 0) is 4.74 Å². The Morgan fingerprint density at radius 1 is 1.35 bits per heavy atom. The van der Waals surface area contributed by atoms with Crippen LogP contribution in [0.1, 0.15) is 36.1 Å². The van der Waals surface area contributed by atoms with Crippen molar-refractivity contribution in [2.24, 2.45) is 0 Å². The lowest BCUT2D eigenvalue weighted by molar-refractivity contribution is 0.0662. The molecule has 0 saturated heterocycles. The summed E-state index contributed by atoms with van der Waals surface area (Å²) in [6.45, 7) is 5.89. The van der Waals surface area contributed by atoms with Crippen LogP contribution in [0.5, 0.6) is 0 Å². The van der Waals surface area contributed by atoms with E-state index in [0.717, 1.165) is 17.5 Å². The molecule has 0 heterocycles. The summed E-state index contributed by atoms with van der Waals surface area (Å²) in [4.78, 5) is 0. The van der Waals surface area contributed by atoms with E-state index in [-0.39, 0.29) is 18.0 Å². The van der Waals surface area contributed by atoms with Gasteiger partial charge < -0.3 is 10.1 Å². The summed E-state index contributed by atoms with van der Waals surface area (Å²) >= 11 is 0. The van der Waals surface area contributed by atoms with Crippen molar-refractivity contribution in [2.75, 3.05) is 14.2 Å². The molecule has 0 saturated carbocycles. The number of halogens is 1. The van der Waals surface area contributed by atoms with Crippen molar-refractivity contribution in [2.45, 2.75) is 39.3 Å². The van der Waals surface area contributed by atoms with E-state index >= 15 is 0 Å². The number of hydrogen-bond donors (Lipinski definition) is 1. The van der Waals surface area contributed by atoms with Crippen molar-refractivity contribution in [1.82, 2.24) is 5.32 Å². The molecule has 0 aromatic heterocycles. The molecule has 0 aliphatic carbocycles. The number of benzene rings is 1. The molecule has 0 aliphatic rings. The van der Waals surface area contributed by atoms with Crippen molar-refractivity contribution in [1.29, 1.82) is 0 Å². The molecule has 2 unspecified atom stereocenters. The molecule has 0 bridgehead atoms. The highest BCUT2D eigenvalue weighted by Gasteiger charge is 2.24. The number of nitrogens with one attached hydrogen (secondary N) is 1. The molecule has 2 atom stereocenters. The van der Waals surface area contributed by atoms with Crippen molar-refractivity contribution in [3.8, 4) is 0 Å². The molecule has 0 aliphatic heterocycles. The van der Waals surface area contributed by atoms with Gasteiger partial charge in [-0.2, -0.15) is 0 Å². The summed E-state index contributed by atoms with van der Waals surface area (Å²) in [6, 6.07) is 3.48. The zero-order valence-corrected chi connectivity index (χ0v) is 11.3. The molecule has 1 aromatic carbocycles. The summed E-state index contributed by atoms with van der Waals surface area (Å²) < 4.78 is 19.5. The second-order valence-corrected chi connectivity index (χ2v) is 4.43. The van der Waals surface area contributed by atoms with Gasteiger partial charge in [-0.25, -0.2) is 4.39 Å². The van der Waals surface area contributed by atoms with Crippen molar-refractivity contribution in [3.63, 3.8) is 0 Å². The Morgan fingerprint density at radius 2 is 2.00 bits per heavy atom. The molecule has 0 radical (unpaired) electrons. The van der Waals surface area contributed by atoms with Crippen LogP contribution < -0.4 is 5.32 Å². The minimum Gasteiger partial charge on any atom is -0.379 e. The number of ether oxygens (including phenoxy) is 1. The van der Waals surface area contributed by atoms with E-state index in [9.17, 15) is 4.39 Å². The molecule has 1 N–H and O–H groups in total. The maximum Gasteiger partial charge on any atom is 0.128 e. The quantitative estimate of drug-likeness (QED) is 0.852. The molecule has 0 fully saturated rings. The Morgan fingerprint density at radius 3 is 2.41 bits per heavy atom. The second-order valence-electron chi connectivity index (χ2n) is 4.43. The number of methoxy groups -OCH3 is 1. The molecule has 0 spiro atoms. The van der Waals surface area contributed by atoms with Crippen LogP contribution in [0.15, 0.2) is 12.1 Å². The van der Waals surface area contributed by atoms with Gasteiger partial charge in [0.1, 0.15) is 5.82 Å². The van der Waals surface area contributed by atoms with Crippen LogP contribution >= 0.6 is 0 Å². The molecule has 1 aromatic rings. The monoisotopic (exact) mass is 239 g/mol. The lowest BCUT2D eigenvalue weighted by atomic mass is 9.93. The van der Waals surface area contributed by atoms with Gasteiger partial charge in [0.2, 0.25) is 0 Å². The predicted octanol–water partition coefficient (Wildman–Crippen LogP) is 3.13. The maximum absolute atomic E-state index is 14.1. The third-order valence-corrected chi connectivity index (χ3v) is 3.18. The largest absolute Gasteiger partial charge is 0.379 e. The summed E-state index contributed by atoms with van der Waals surface area (Å²) in [5, 5.41) is 3.16. The van der Waals surface area contributed by atoms with Crippen LogP contribution in [0, 0.1) is 19.7 Å². The van der Waals surface area contributed by atoms with E-state index in [4.69, 9.17) is 4.74 Å². The standard InChI is InChI=1S/C14H22FNO/c1-6-12(17-5)14(16-4)13-10(3)7-9(2)8-11(13)15/h7-8,12,14,16H,6H2,1-5H3. The molecule has 17 heavy (non-hydrogen) atoms. The van der Waals surface area contributed by atoms with Gasteiger partial charge in [0.25, 0.3) is 0 Å². The third kappa shape index (κ3) is 3.05. The highest BCUT2D eigenvalue weighted by atomic mass is 19.1. The van der Waals surface area contributed by atoms with Gasteiger partial charge in [-0.15, -0.1) is 0 Å². The van der Waals surface area contributed by atoms with Gasteiger partial charge in [0, 0.05) is 12.7 Å². The second kappa shape index (κ2) is 6.12. The summed E-state index contributed by atoms with van der Waals surface area (Å²) in [6.07, 6.45) is 0.824. The van der Waals surface area contributed by atoms with Gasteiger partial charge >= 0.3 is 0 Å². The molecular weight excluding hydrogens is 217 g/mol. The minimum absolute atomic E-state index is 0.0177. The lowest BCUT2D eigenvalue weighted by Gasteiger charge is -2.27. The summed E-state index contributed by atoms with van der Waals surface area (Å²) in [5.74, 6) is -0.155. The number of hydrogen-bond acceptors (Lipinski definition) is 2. The van der Waals surface area contributed by atoms with Gasteiger partial charge in [0.05, 0.1) is 12.1 Å². The van der Waals surface area contributed by atoms with Crippen molar-refractivity contribution >= 4 is 0 Å². The van der Waals surface area contributed by atoms with Gasteiger partial charge in [-0.1, -0.05) is 13.0 Å². The first-order valence-electron chi connectivity index (χ1n) is 6.01. The molecular formula is C14H22FNO. The predicted molar refractivity (Wildman–Crippen MR) is 68.8 cm³/mol. The van der Waals surface area contributed by atoms with Gasteiger partial charge in [-0.3, -0.25) is 0 Å². The maximum atomic E-state index is 14.1. The highest BCUT2D eigenvalue weighted by Crippen LogP contribution is 2.27. The minimum atomic E-state index is -0.155. The van der Waals surface area contributed by atoms with Crippen LogP contribution in [0.4, 0.5) is 4.39 Å². The first-order chi connectivity index (χ1) is 8.04. The van der Waals surface area contributed by atoms with Crippen molar-refractivity contribution < 1.29 is 9.13 Å². The van der Waals surface area contributed by atoms with Crippen LogP contribution in [0.25, 0.3) is 0 Å². The van der Waals surface area contributed by atoms with Crippen LogP contribution in [-0.4, -0.2) is 20.3 Å². The average Bonchev–Trinajstić information content (AvgIpc) is 2.27. The first-order valence-corrected chi connectivity index (χ1v) is 6.01. The Labute approximate surface area is 103 Å². The SMILES string of the molecule is CCC(OC)C(NC)c1c(C)cc(C)cc1F. The smallest absolute Gasteiger partial charge is 0.128 e. The Kier molecular flexibility index (Phi) is 5.09. The van der Waals surface area contributed by atoms with Crippen LogP contribution in [0.3, 0.4) is 0 Å². The molecule has 96 valence electrons. The van der Waals surface area contributed by atoms with E-state index in [2.05, 4.69) is 5.32 Å². The van der Waals surface area contributed by atoms with E-state index in [1.165, 1.54) is 0 Å². The fraction of sp³-hybridized carbons (Fsp3) is 0.571. The zero-order chi connectivity index (χ0) is 13.0. The lowest BCUT2D eigenvalue weighted by Crippen LogP contribution is -2.32. The van der Waals surface area contributed by atoms with E-state index < -0.39 is 0 Å². The normalized spacial score (nSPS) is 14.7. The van der Waals surface area contributed by atoms with E-state index in [1.807, 2.05) is 33.9 Å². The Balaban J connectivity index is 3.20. The van der Waals surface area contributed by atoms with Gasteiger partial charge in [-0.05, 0) is 44.5 Å². The fourth-order valence-corrected chi connectivity index (χ4v) is 2.38. The molecule has 2 nitrogen and oxygen atoms in total. The molecule has 0 amide bonds. The number of rotatable bonds is 5. The number of likely N-dealkylation sites (N-methyl/N-ethyl adjacent to an activating group) is 1. The van der Waals surface area contributed by atoms with Gasteiger partial charge in [0.15, 0.2) is 0 Å². The Hall–Kier alpha value is -0.930. The summed E-state index contributed by atoms with van der Waals surface area (Å²) in [5.41, 5.74) is 2.63. The van der Waals surface area contributed by atoms with Crippen molar-refractivity contribution in [3.05, 3.63) is 34.6 Å². The van der Waals surface area contributed by atoms with E-state index in [1.54, 1.807) is 13.2 Å². The topological polar surface area (TPSA) is 21.3 Å². The third-order valence-electron chi connectivity index (χ3n) is 3.18. The fourth-order valence-electron chi connectivity index (χ4n) is 2.38. The number of aryl methyl sites for hydroxylation is 2. The molecule has 1 rings (SSSR count). The molecule has 3 heteroatoms.